The summed E-state index contributed by atoms with van der Waals surface area (Å²) >= 11 is 0. The minimum Gasteiger partial charge on any atom is -0.378 e. The molecule has 0 atom stereocenters. The van der Waals surface area contributed by atoms with Gasteiger partial charge in [-0.1, -0.05) is 12.1 Å². The summed E-state index contributed by atoms with van der Waals surface area (Å²) in [5.41, 5.74) is 5.82. The molecule has 3 N–H and O–H groups in total. The predicted molar refractivity (Wildman–Crippen MR) is 108 cm³/mol. The highest BCUT2D eigenvalue weighted by Gasteiger charge is 2.25. The van der Waals surface area contributed by atoms with Crippen LogP contribution in [0, 0.1) is 0 Å². The van der Waals surface area contributed by atoms with E-state index in [1.54, 1.807) is 17.0 Å². The third-order valence-corrected chi connectivity index (χ3v) is 5.66. The molecule has 0 bridgehead atoms. The highest BCUT2D eigenvalue weighted by Crippen LogP contribution is 2.18. The molecule has 1 amide bonds. The van der Waals surface area contributed by atoms with Crippen LogP contribution in [-0.2, 0) is 14.8 Å². The molecule has 0 aliphatic carbocycles. The summed E-state index contributed by atoms with van der Waals surface area (Å²) in [5, 5.41) is 0. The SMILES string of the molecule is C=CCNS(=O)(=O)c1cccc(C(=O)N2CCC(OCCCN)CC2)c1.Cl. The van der Waals surface area contributed by atoms with E-state index in [1.165, 1.54) is 18.2 Å². The van der Waals surface area contributed by atoms with Crippen LogP contribution in [0.4, 0.5) is 0 Å². The highest BCUT2D eigenvalue weighted by molar-refractivity contribution is 7.89. The molecule has 1 saturated heterocycles. The Balaban J connectivity index is 0.00000364. The van der Waals surface area contributed by atoms with E-state index in [0.29, 0.717) is 31.8 Å². The zero-order valence-corrected chi connectivity index (χ0v) is 16.9. The van der Waals surface area contributed by atoms with Gasteiger partial charge in [0.25, 0.3) is 5.91 Å². The summed E-state index contributed by atoms with van der Waals surface area (Å²) in [5.74, 6) is -0.161. The number of piperidine rings is 1. The maximum absolute atomic E-state index is 12.7. The van der Waals surface area contributed by atoms with E-state index in [2.05, 4.69) is 11.3 Å². The first-order valence-corrected chi connectivity index (χ1v) is 10.3. The van der Waals surface area contributed by atoms with E-state index < -0.39 is 10.0 Å². The number of hydrogen-bond donors (Lipinski definition) is 2. The molecule has 27 heavy (non-hydrogen) atoms. The van der Waals surface area contributed by atoms with E-state index >= 15 is 0 Å². The van der Waals surface area contributed by atoms with Crippen LogP contribution in [0.25, 0.3) is 0 Å². The summed E-state index contributed by atoms with van der Waals surface area (Å²) in [6, 6.07) is 6.11. The molecule has 1 aliphatic rings. The molecule has 1 aromatic rings. The van der Waals surface area contributed by atoms with Crippen molar-refractivity contribution >= 4 is 28.3 Å². The van der Waals surface area contributed by atoms with Gasteiger partial charge >= 0.3 is 0 Å². The van der Waals surface area contributed by atoms with Crippen molar-refractivity contribution < 1.29 is 17.9 Å². The van der Waals surface area contributed by atoms with Gasteiger partial charge in [0, 0.05) is 31.8 Å². The van der Waals surface area contributed by atoms with E-state index in [9.17, 15) is 13.2 Å². The number of ether oxygens (including phenoxy) is 1. The average molecular weight is 418 g/mol. The maximum atomic E-state index is 12.7. The Bertz CT molecular complexity index is 719. The molecule has 1 heterocycles. The first-order chi connectivity index (χ1) is 12.5. The minimum absolute atomic E-state index is 0. The third kappa shape index (κ3) is 6.90. The Labute approximate surface area is 167 Å². The first-order valence-electron chi connectivity index (χ1n) is 8.79. The second-order valence-electron chi connectivity index (χ2n) is 6.17. The summed E-state index contributed by atoms with van der Waals surface area (Å²) in [6.45, 7) is 6.07. The van der Waals surface area contributed by atoms with Crippen molar-refractivity contribution in [2.24, 2.45) is 5.73 Å². The summed E-state index contributed by atoms with van der Waals surface area (Å²) in [4.78, 5) is 14.5. The average Bonchev–Trinajstić information content (AvgIpc) is 2.67. The van der Waals surface area contributed by atoms with Crippen LogP contribution in [0.15, 0.2) is 41.8 Å². The van der Waals surface area contributed by atoms with E-state index in [4.69, 9.17) is 10.5 Å². The zero-order valence-electron chi connectivity index (χ0n) is 15.3. The number of hydrogen-bond acceptors (Lipinski definition) is 5. The van der Waals surface area contributed by atoms with Crippen LogP contribution in [0.3, 0.4) is 0 Å². The lowest BCUT2D eigenvalue weighted by molar-refractivity contribution is 0.00844. The molecule has 0 saturated carbocycles. The number of halogens is 1. The van der Waals surface area contributed by atoms with Crippen molar-refractivity contribution in [3.63, 3.8) is 0 Å². The number of carbonyl (C=O) groups is 1. The number of likely N-dealkylation sites (tertiary alicyclic amines) is 1. The molecular formula is C18H28ClN3O4S. The van der Waals surface area contributed by atoms with Gasteiger partial charge in [0.05, 0.1) is 11.0 Å². The number of rotatable bonds is 9. The lowest BCUT2D eigenvalue weighted by atomic mass is 10.1. The molecule has 1 aliphatic heterocycles. The van der Waals surface area contributed by atoms with Crippen molar-refractivity contribution in [2.45, 2.75) is 30.3 Å². The van der Waals surface area contributed by atoms with Crippen molar-refractivity contribution in [3.8, 4) is 0 Å². The Morgan fingerprint density at radius 3 is 2.70 bits per heavy atom. The first kappa shape index (κ1) is 23.6. The molecule has 2 rings (SSSR count). The van der Waals surface area contributed by atoms with Crippen molar-refractivity contribution in [1.29, 1.82) is 0 Å². The van der Waals surface area contributed by atoms with Crippen molar-refractivity contribution in [1.82, 2.24) is 9.62 Å². The van der Waals surface area contributed by atoms with Gasteiger partial charge < -0.3 is 15.4 Å². The molecule has 1 fully saturated rings. The van der Waals surface area contributed by atoms with Crippen LogP contribution in [0.5, 0.6) is 0 Å². The number of benzene rings is 1. The smallest absolute Gasteiger partial charge is 0.253 e. The third-order valence-electron chi connectivity index (χ3n) is 4.24. The number of nitrogens with two attached hydrogens (primary N) is 1. The molecule has 0 radical (unpaired) electrons. The van der Waals surface area contributed by atoms with Gasteiger partial charge in [0.1, 0.15) is 0 Å². The fourth-order valence-electron chi connectivity index (χ4n) is 2.79. The Morgan fingerprint density at radius 2 is 2.07 bits per heavy atom. The monoisotopic (exact) mass is 417 g/mol. The van der Waals surface area contributed by atoms with Gasteiger partial charge in [0.15, 0.2) is 0 Å². The van der Waals surface area contributed by atoms with Gasteiger partial charge in [-0.3, -0.25) is 4.79 Å². The summed E-state index contributed by atoms with van der Waals surface area (Å²) in [6.07, 6.45) is 4.00. The van der Waals surface area contributed by atoms with Gasteiger partial charge in [-0.2, -0.15) is 0 Å². The number of nitrogens with one attached hydrogen (secondary N) is 1. The topological polar surface area (TPSA) is 102 Å². The summed E-state index contributed by atoms with van der Waals surface area (Å²) in [7, 11) is -3.65. The van der Waals surface area contributed by atoms with Crippen LogP contribution in [0.1, 0.15) is 29.6 Å². The normalized spacial score (nSPS) is 15.2. The molecule has 0 spiro atoms. The highest BCUT2D eigenvalue weighted by atomic mass is 35.5. The largest absolute Gasteiger partial charge is 0.378 e. The van der Waals surface area contributed by atoms with Crippen LogP contribution < -0.4 is 10.5 Å². The van der Waals surface area contributed by atoms with E-state index in [0.717, 1.165) is 19.3 Å². The minimum atomic E-state index is -3.65. The van der Waals surface area contributed by atoms with Crippen LogP contribution >= 0.6 is 12.4 Å². The number of nitrogens with zero attached hydrogens (tertiary/aromatic N) is 1. The second kappa shape index (κ2) is 11.4. The van der Waals surface area contributed by atoms with Gasteiger partial charge in [0.2, 0.25) is 10.0 Å². The van der Waals surface area contributed by atoms with E-state index in [-0.39, 0.29) is 35.9 Å². The molecular weight excluding hydrogens is 390 g/mol. The lowest BCUT2D eigenvalue weighted by Crippen LogP contribution is -2.41. The fraction of sp³-hybridized carbons (Fsp3) is 0.500. The van der Waals surface area contributed by atoms with Crippen LogP contribution in [0.2, 0.25) is 0 Å². The fourth-order valence-corrected chi connectivity index (χ4v) is 3.83. The van der Waals surface area contributed by atoms with Crippen LogP contribution in [-0.4, -0.2) is 58.1 Å². The molecule has 1 aromatic carbocycles. The standard InChI is InChI=1S/C18H27N3O4S.ClH/c1-2-10-20-26(23,24)17-6-3-5-15(14-17)18(22)21-11-7-16(8-12-21)25-13-4-9-19;/h2-3,5-6,14,16,20H,1,4,7-13,19H2;1H. The molecule has 0 aromatic heterocycles. The van der Waals surface area contributed by atoms with Crippen molar-refractivity contribution in [3.05, 3.63) is 42.5 Å². The number of sulfonamides is 1. The van der Waals surface area contributed by atoms with Gasteiger partial charge in [-0.15, -0.1) is 19.0 Å². The second-order valence-corrected chi connectivity index (χ2v) is 7.94. The molecule has 7 nitrogen and oxygen atoms in total. The Kier molecular flexibility index (Phi) is 9.97. The summed E-state index contributed by atoms with van der Waals surface area (Å²) < 4.78 is 32.6. The lowest BCUT2D eigenvalue weighted by Gasteiger charge is -2.32. The zero-order chi connectivity index (χ0) is 19.0. The Morgan fingerprint density at radius 1 is 1.37 bits per heavy atom. The van der Waals surface area contributed by atoms with Gasteiger partial charge in [-0.25, -0.2) is 13.1 Å². The van der Waals surface area contributed by atoms with Crippen molar-refractivity contribution in [2.75, 3.05) is 32.8 Å². The molecule has 9 heteroatoms. The quantitative estimate of drug-likeness (QED) is 0.468. The van der Waals surface area contributed by atoms with Gasteiger partial charge in [-0.05, 0) is 44.0 Å². The molecule has 152 valence electrons. The van der Waals surface area contributed by atoms with E-state index in [1.807, 2.05) is 0 Å². The number of amides is 1. The Hall–Kier alpha value is -1.45. The maximum Gasteiger partial charge on any atom is 0.253 e. The molecule has 0 unspecified atom stereocenters. The predicted octanol–water partition coefficient (Wildman–Crippen LogP) is 1.54. The number of carbonyl (C=O) groups excluding carboxylic acids is 1.